The molecular weight excluding hydrogens is 280 g/mol. The predicted molar refractivity (Wildman–Crippen MR) is 88.9 cm³/mol. The van der Waals surface area contributed by atoms with Gasteiger partial charge in [-0.25, -0.2) is 0 Å². The van der Waals surface area contributed by atoms with Gasteiger partial charge in [-0.05, 0) is 37.5 Å². The van der Waals surface area contributed by atoms with Gasteiger partial charge in [-0.1, -0.05) is 51.1 Å². The molecular formula is C17H28O3Si. The Morgan fingerprint density at radius 1 is 1.14 bits per heavy atom. The molecule has 2 atom stereocenters. The summed E-state index contributed by atoms with van der Waals surface area (Å²) in [5, 5.41) is 9.54. The van der Waals surface area contributed by atoms with E-state index in [1.165, 1.54) is 0 Å². The van der Waals surface area contributed by atoms with Crippen molar-refractivity contribution in [1.29, 1.82) is 0 Å². The third-order valence-corrected chi connectivity index (χ3v) is 9.36. The summed E-state index contributed by atoms with van der Waals surface area (Å²) in [6, 6.07) is 9.69. The van der Waals surface area contributed by atoms with Crippen molar-refractivity contribution in [2.24, 2.45) is 5.92 Å². The van der Waals surface area contributed by atoms with Crippen molar-refractivity contribution in [3.05, 3.63) is 35.9 Å². The van der Waals surface area contributed by atoms with Gasteiger partial charge in [0.1, 0.15) is 0 Å². The minimum atomic E-state index is -2.10. The molecule has 0 aliphatic heterocycles. The maximum atomic E-state index is 11.6. The summed E-state index contributed by atoms with van der Waals surface area (Å²) < 4.78 is 6.56. The molecule has 0 fully saturated rings. The first-order valence-electron chi connectivity index (χ1n) is 7.40. The van der Waals surface area contributed by atoms with Crippen LogP contribution in [0.25, 0.3) is 0 Å². The predicted octanol–water partition coefficient (Wildman–Crippen LogP) is 4.64. The summed E-state index contributed by atoms with van der Waals surface area (Å²) in [5.74, 6) is -1.45. The number of hydrogen-bond donors (Lipinski definition) is 1. The molecule has 0 spiro atoms. The molecule has 1 unspecified atom stereocenters. The van der Waals surface area contributed by atoms with E-state index in [-0.39, 0.29) is 5.04 Å². The lowest BCUT2D eigenvalue weighted by Gasteiger charge is -2.46. The molecule has 0 amide bonds. The van der Waals surface area contributed by atoms with Gasteiger partial charge in [0.15, 0.2) is 8.32 Å². The van der Waals surface area contributed by atoms with Gasteiger partial charge in [-0.15, -0.1) is 0 Å². The van der Waals surface area contributed by atoms with Crippen molar-refractivity contribution in [1.82, 2.24) is 0 Å². The van der Waals surface area contributed by atoms with Gasteiger partial charge < -0.3 is 9.53 Å². The lowest BCUT2D eigenvalue weighted by Crippen LogP contribution is -2.51. The quantitative estimate of drug-likeness (QED) is 0.806. The molecule has 1 aromatic carbocycles. The van der Waals surface area contributed by atoms with Crippen LogP contribution in [0.1, 0.15) is 40.2 Å². The fourth-order valence-corrected chi connectivity index (χ4v) is 3.75. The highest BCUT2D eigenvalue weighted by molar-refractivity contribution is 6.74. The van der Waals surface area contributed by atoms with Gasteiger partial charge in [-0.2, -0.15) is 0 Å². The Hall–Kier alpha value is -1.13. The van der Waals surface area contributed by atoms with Gasteiger partial charge in [-0.3, -0.25) is 4.79 Å². The monoisotopic (exact) mass is 308 g/mol. The van der Waals surface area contributed by atoms with Crippen LogP contribution in [0.3, 0.4) is 0 Å². The Morgan fingerprint density at radius 3 is 2.00 bits per heavy atom. The van der Waals surface area contributed by atoms with E-state index in [0.29, 0.717) is 0 Å². The molecule has 1 aromatic rings. The van der Waals surface area contributed by atoms with Crippen LogP contribution in [0.15, 0.2) is 30.3 Å². The molecule has 4 heteroatoms. The van der Waals surface area contributed by atoms with E-state index in [9.17, 15) is 9.90 Å². The van der Waals surface area contributed by atoms with Crippen LogP contribution < -0.4 is 0 Å². The van der Waals surface area contributed by atoms with Gasteiger partial charge in [0.25, 0.3) is 0 Å². The highest BCUT2D eigenvalue weighted by atomic mass is 28.4. The summed E-state index contributed by atoms with van der Waals surface area (Å²) in [7, 11) is -2.10. The number of benzene rings is 1. The van der Waals surface area contributed by atoms with Gasteiger partial charge in [0.2, 0.25) is 0 Å². The van der Waals surface area contributed by atoms with Crippen LogP contribution >= 0.6 is 0 Å². The number of rotatable bonds is 5. The topological polar surface area (TPSA) is 46.5 Å². The van der Waals surface area contributed by atoms with Crippen LogP contribution in [0.2, 0.25) is 18.1 Å². The van der Waals surface area contributed by atoms with E-state index in [0.717, 1.165) is 5.56 Å². The fraction of sp³-hybridized carbons (Fsp3) is 0.588. The maximum Gasteiger partial charge on any atom is 0.309 e. The van der Waals surface area contributed by atoms with Crippen molar-refractivity contribution in [3.8, 4) is 0 Å². The average Bonchev–Trinajstić information content (AvgIpc) is 2.36. The zero-order valence-corrected chi connectivity index (χ0v) is 15.2. The van der Waals surface area contributed by atoms with Crippen molar-refractivity contribution in [3.63, 3.8) is 0 Å². The highest BCUT2D eigenvalue weighted by Gasteiger charge is 2.47. The van der Waals surface area contributed by atoms with Crippen molar-refractivity contribution in [2.75, 3.05) is 0 Å². The molecule has 0 radical (unpaired) electrons. The van der Waals surface area contributed by atoms with Crippen LogP contribution in [-0.4, -0.2) is 19.4 Å². The summed E-state index contributed by atoms with van der Waals surface area (Å²) in [5.41, 5.74) is 0.0977. The molecule has 0 aliphatic rings. The van der Waals surface area contributed by atoms with Crippen LogP contribution in [0.5, 0.6) is 0 Å². The van der Waals surface area contributed by atoms with Crippen LogP contribution in [0.4, 0.5) is 0 Å². The van der Waals surface area contributed by atoms with E-state index in [4.69, 9.17) is 4.43 Å². The Kier molecular flexibility index (Phi) is 5.06. The van der Waals surface area contributed by atoms with E-state index >= 15 is 0 Å². The molecule has 118 valence electrons. The number of hydrogen-bond acceptors (Lipinski definition) is 2. The Labute approximate surface area is 129 Å². The van der Waals surface area contributed by atoms with Gasteiger partial charge in [0.05, 0.1) is 11.5 Å². The summed E-state index contributed by atoms with van der Waals surface area (Å²) >= 11 is 0. The third-order valence-electron chi connectivity index (χ3n) is 4.82. The number of carboxylic acid groups (broad SMARTS) is 1. The molecule has 3 nitrogen and oxygen atoms in total. The first-order valence-corrected chi connectivity index (χ1v) is 10.3. The lowest BCUT2D eigenvalue weighted by molar-refractivity contribution is -0.149. The van der Waals surface area contributed by atoms with E-state index in [2.05, 4.69) is 33.9 Å². The molecule has 21 heavy (non-hydrogen) atoms. The molecule has 0 bridgehead atoms. The molecule has 0 aliphatic carbocycles. The molecule has 0 saturated heterocycles. The summed E-state index contributed by atoms with van der Waals surface area (Å²) in [4.78, 5) is 11.6. The van der Waals surface area contributed by atoms with Gasteiger partial charge >= 0.3 is 5.97 Å². The SMILES string of the molecule is C[C@H](C(=O)O)C(C)(O[Si](C)(C)C(C)(C)C)c1ccccc1. The van der Waals surface area contributed by atoms with Gasteiger partial charge in [0, 0.05) is 0 Å². The average molecular weight is 308 g/mol. The smallest absolute Gasteiger partial charge is 0.309 e. The summed E-state index contributed by atoms with van der Waals surface area (Å²) in [6.07, 6.45) is 0. The zero-order valence-electron chi connectivity index (χ0n) is 14.2. The second-order valence-corrected chi connectivity index (χ2v) is 12.1. The maximum absolute atomic E-state index is 11.6. The summed E-state index contributed by atoms with van der Waals surface area (Å²) in [6.45, 7) is 14.4. The Bertz CT molecular complexity index is 491. The molecule has 1 N–H and O–H groups in total. The Morgan fingerprint density at radius 2 is 1.62 bits per heavy atom. The molecule has 0 heterocycles. The van der Waals surface area contributed by atoms with Crippen LogP contribution in [-0.2, 0) is 14.8 Å². The molecule has 1 rings (SSSR count). The molecule has 0 saturated carbocycles. The van der Waals surface area contributed by atoms with E-state index in [1.807, 2.05) is 37.3 Å². The second kappa shape index (κ2) is 5.93. The second-order valence-electron chi connectivity index (χ2n) is 7.40. The molecule has 0 aromatic heterocycles. The van der Waals surface area contributed by atoms with E-state index in [1.54, 1.807) is 6.92 Å². The van der Waals surface area contributed by atoms with E-state index < -0.39 is 25.8 Å². The zero-order chi connectivity index (χ0) is 16.5. The third kappa shape index (κ3) is 3.74. The van der Waals surface area contributed by atoms with Crippen molar-refractivity contribution < 1.29 is 14.3 Å². The number of carboxylic acids is 1. The lowest BCUT2D eigenvalue weighted by atomic mass is 9.84. The fourth-order valence-electron chi connectivity index (χ4n) is 2.09. The highest BCUT2D eigenvalue weighted by Crippen LogP contribution is 2.44. The normalized spacial score (nSPS) is 17.1. The first kappa shape index (κ1) is 17.9. The minimum absolute atomic E-state index is 0.0290. The van der Waals surface area contributed by atoms with Crippen molar-refractivity contribution in [2.45, 2.75) is 58.4 Å². The minimum Gasteiger partial charge on any atom is -0.481 e. The van der Waals surface area contributed by atoms with Crippen LogP contribution in [0, 0.1) is 5.92 Å². The Balaban J connectivity index is 3.31. The standard InChI is InChI=1S/C17H28O3Si/c1-13(15(18)19)17(5,14-11-9-8-10-12-14)20-21(6,7)16(2,3)4/h8-13H,1-7H3,(H,18,19)/t13-,17?/m1/s1. The van der Waals surface area contributed by atoms with Crippen molar-refractivity contribution >= 4 is 14.3 Å². The first-order chi connectivity index (χ1) is 9.42. The number of carbonyl (C=O) groups is 1. The number of aliphatic carboxylic acids is 1. The largest absolute Gasteiger partial charge is 0.481 e.